The summed E-state index contributed by atoms with van der Waals surface area (Å²) in [4.78, 5) is 6.11. The van der Waals surface area contributed by atoms with Crippen LogP contribution >= 0.6 is 24.0 Å². The third-order valence-electron chi connectivity index (χ3n) is 3.41. The van der Waals surface area contributed by atoms with E-state index in [0.717, 1.165) is 23.6 Å². The van der Waals surface area contributed by atoms with Crippen LogP contribution in [0.1, 0.15) is 50.3 Å². The van der Waals surface area contributed by atoms with Gasteiger partial charge in [-0.25, -0.2) is 4.98 Å². The van der Waals surface area contributed by atoms with Gasteiger partial charge in [0.1, 0.15) is 5.01 Å². The molecule has 0 saturated carbocycles. The standard InChI is InChI=1S/C17H23NS2/c1-5-6-14-15(11-19)20-16(18-14)12-7-9-13(10-8-12)17(2,3)4/h7-10,19H,5-6,11H2,1-4H3. The third-order valence-corrected chi connectivity index (χ3v) is 5.08. The second-order valence-electron chi connectivity index (χ2n) is 6.12. The lowest BCUT2D eigenvalue weighted by Crippen LogP contribution is -2.10. The molecule has 0 aliphatic carbocycles. The summed E-state index contributed by atoms with van der Waals surface area (Å²) in [6, 6.07) is 8.82. The maximum absolute atomic E-state index is 4.80. The summed E-state index contributed by atoms with van der Waals surface area (Å²) in [5.41, 5.74) is 4.00. The van der Waals surface area contributed by atoms with Crippen LogP contribution in [-0.2, 0) is 17.6 Å². The molecule has 3 heteroatoms. The van der Waals surface area contributed by atoms with Gasteiger partial charge < -0.3 is 0 Å². The smallest absolute Gasteiger partial charge is 0.123 e. The number of hydrogen-bond acceptors (Lipinski definition) is 3. The Morgan fingerprint density at radius 3 is 2.30 bits per heavy atom. The molecule has 0 radical (unpaired) electrons. The lowest BCUT2D eigenvalue weighted by molar-refractivity contribution is 0.590. The molecule has 1 aromatic carbocycles. The van der Waals surface area contributed by atoms with Crippen molar-refractivity contribution in [1.29, 1.82) is 0 Å². The fraction of sp³-hybridized carbons (Fsp3) is 0.471. The molecule has 0 bridgehead atoms. The molecular formula is C17H23NS2. The minimum atomic E-state index is 0.199. The molecule has 0 saturated heterocycles. The van der Waals surface area contributed by atoms with Crippen molar-refractivity contribution < 1.29 is 0 Å². The lowest BCUT2D eigenvalue weighted by atomic mass is 9.87. The van der Waals surface area contributed by atoms with Gasteiger partial charge in [-0.1, -0.05) is 58.4 Å². The molecule has 0 spiro atoms. The summed E-state index contributed by atoms with van der Waals surface area (Å²) in [7, 11) is 0. The van der Waals surface area contributed by atoms with Gasteiger partial charge in [0.2, 0.25) is 0 Å². The number of benzene rings is 1. The van der Waals surface area contributed by atoms with Gasteiger partial charge in [-0.15, -0.1) is 11.3 Å². The van der Waals surface area contributed by atoms with Gasteiger partial charge in [0.05, 0.1) is 5.69 Å². The first-order valence-corrected chi connectivity index (χ1v) is 8.61. The van der Waals surface area contributed by atoms with Gasteiger partial charge in [0.15, 0.2) is 0 Å². The minimum Gasteiger partial charge on any atom is -0.241 e. The van der Waals surface area contributed by atoms with Crippen molar-refractivity contribution >= 4 is 24.0 Å². The molecular weight excluding hydrogens is 282 g/mol. The number of aryl methyl sites for hydroxylation is 1. The van der Waals surface area contributed by atoms with E-state index in [0.29, 0.717) is 0 Å². The molecule has 2 aromatic rings. The highest BCUT2D eigenvalue weighted by atomic mass is 32.1. The predicted molar refractivity (Wildman–Crippen MR) is 92.9 cm³/mol. The first kappa shape index (κ1) is 15.6. The summed E-state index contributed by atoms with van der Waals surface area (Å²) >= 11 is 6.20. The Morgan fingerprint density at radius 1 is 1.15 bits per heavy atom. The second kappa shape index (κ2) is 6.31. The summed E-state index contributed by atoms with van der Waals surface area (Å²) in [6.45, 7) is 8.91. The molecule has 0 aliphatic heterocycles. The van der Waals surface area contributed by atoms with Gasteiger partial charge in [0.25, 0.3) is 0 Å². The number of rotatable bonds is 4. The SMILES string of the molecule is CCCc1nc(-c2ccc(C(C)(C)C)cc2)sc1CS. The van der Waals surface area contributed by atoms with Crippen LogP contribution in [0.3, 0.4) is 0 Å². The molecule has 1 nitrogen and oxygen atoms in total. The summed E-state index contributed by atoms with van der Waals surface area (Å²) in [5.74, 6) is 0.785. The molecule has 0 amide bonds. The Morgan fingerprint density at radius 2 is 1.80 bits per heavy atom. The number of aromatic nitrogens is 1. The fourth-order valence-electron chi connectivity index (χ4n) is 2.18. The first-order valence-electron chi connectivity index (χ1n) is 7.16. The zero-order valence-electron chi connectivity index (χ0n) is 12.7. The van der Waals surface area contributed by atoms with Crippen LogP contribution < -0.4 is 0 Å². The van der Waals surface area contributed by atoms with E-state index in [4.69, 9.17) is 4.98 Å². The number of nitrogens with zero attached hydrogens (tertiary/aromatic N) is 1. The lowest BCUT2D eigenvalue weighted by Gasteiger charge is -2.18. The van der Waals surface area contributed by atoms with Crippen molar-refractivity contribution in [2.75, 3.05) is 0 Å². The van der Waals surface area contributed by atoms with E-state index >= 15 is 0 Å². The summed E-state index contributed by atoms with van der Waals surface area (Å²) < 4.78 is 0. The van der Waals surface area contributed by atoms with Crippen LogP contribution in [0.25, 0.3) is 10.6 Å². The van der Waals surface area contributed by atoms with E-state index in [2.05, 4.69) is 64.6 Å². The highest BCUT2D eigenvalue weighted by Crippen LogP contribution is 2.31. The van der Waals surface area contributed by atoms with Crippen molar-refractivity contribution in [2.45, 2.75) is 51.7 Å². The molecule has 2 rings (SSSR count). The molecule has 0 fully saturated rings. The van der Waals surface area contributed by atoms with E-state index in [1.54, 1.807) is 11.3 Å². The molecule has 108 valence electrons. The average molecular weight is 306 g/mol. The van der Waals surface area contributed by atoms with Gasteiger partial charge in [-0.05, 0) is 17.4 Å². The van der Waals surface area contributed by atoms with Crippen molar-refractivity contribution in [1.82, 2.24) is 4.98 Å². The number of thiol groups is 1. The van der Waals surface area contributed by atoms with Gasteiger partial charge in [-0.3, -0.25) is 0 Å². The third kappa shape index (κ3) is 3.44. The van der Waals surface area contributed by atoms with Crippen LogP contribution in [0.4, 0.5) is 0 Å². The van der Waals surface area contributed by atoms with Crippen LogP contribution in [0.5, 0.6) is 0 Å². The maximum atomic E-state index is 4.80. The highest BCUT2D eigenvalue weighted by Gasteiger charge is 2.15. The van der Waals surface area contributed by atoms with E-state index in [1.165, 1.54) is 21.7 Å². The molecule has 0 unspecified atom stereocenters. The normalized spacial score (nSPS) is 11.8. The van der Waals surface area contributed by atoms with Gasteiger partial charge >= 0.3 is 0 Å². The zero-order valence-corrected chi connectivity index (χ0v) is 14.4. The second-order valence-corrected chi connectivity index (χ2v) is 7.52. The van der Waals surface area contributed by atoms with Crippen molar-refractivity contribution in [3.63, 3.8) is 0 Å². The van der Waals surface area contributed by atoms with E-state index in [1.807, 2.05) is 0 Å². The van der Waals surface area contributed by atoms with Crippen molar-refractivity contribution in [2.24, 2.45) is 0 Å². The molecule has 0 aliphatic rings. The summed E-state index contributed by atoms with van der Waals surface area (Å²) in [6.07, 6.45) is 2.18. The highest BCUT2D eigenvalue weighted by molar-refractivity contribution is 7.79. The van der Waals surface area contributed by atoms with E-state index in [9.17, 15) is 0 Å². The Labute approximate surface area is 131 Å². The molecule has 0 N–H and O–H groups in total. The number of hydrogen-bond donors (Lipinski definition) is 1. The van der Waals surface area contributed by atoms with Crippen LogP contribution in [0.2, 0.25) is 0 Å². The minimum absolute atomic E-state index is 0.199. The Kier molecular flexibility index (Phi) is 4.92. The molecule has 1 aromatic heterocycles. The van der Waals surface area contributed by atoms with Gasteiger partial charge in [-0.2, -0.15) is 12.6 Å². The molecule has 0 atom stereocenters. The van der Waals surface area contributed by atoms with Gasteiger partial charge in [0, 0.05) is 16.2 Å². The Balaban J connectivity index is 2.32. The largest absolute Gasteiger partial charge is 0.241 e. The Hall–Kier alpha value is -0.800. The predicted octanol–water partition coefficient (Wildman–Crippen LogP) is 5.49. The number of thiazole rings is 1. The topological polar surface area (TPSA) is 12.9 Å². The van der Waals surface area contributed by atoms with E-state index in [-0.39, 0.29) is 5.41 Å². The van der Waals surface area contributed by atoms with E-state index < -0.39 is 0 Å². The quantitative estimate of drug-likeness (QED) is 0.737. The molecule has 20 heavy (non-hydrogen) atoms. The zero-order chi connectivity index (χ0) is 14.8. The van der Waals surface area contributed by atoms with Crippen molar-refractivity contribution in [3.05, 3.63) is 40.4 Å². The summed E-state index contributed by atoms with van der Waals surface area (Å²) in [5, 5.41) is 1.12. The van der Waals surface area contributed by atoms with Crippen LogP contribution in [0.15, 0.2) is 24.3 Å². The van der Waals surface area contributed by atoms with Crippen LogP contribution in [-0.4, -0.2) is 4.98 Å². The maximum Gasteiger partial charge on any atom is 0.123 e. The average Bonchev–Trinajstić information content (AvgIpc) is 2.81. The van der Waals surface area contributed by atoms with Crippen molar-refractivity contribution in [3.8, 4) is 10.6 Å². The monoisotopic (exact) mass is 305 g/mol. The van der Waals surface area contributed by atoms with Crippen LogP contribution in [0, 0.1) is 0 Å². The molecule has 1 heterocycles. The Bertz CT molecular complexity index is 562. The first-order chi connectivity index (χ1) is 9.45. The fourth-order valence-corrected chi connectivity index (χ4v) is 3.52.